The van der Waals surface area contributed by atoms with Crippen molar-refractivity contribution in [3.8, 4) is 17.4 Å². The summed E-state index contributed by atoms with van der Waals surface area (Å²) in [6, 6.07) is 5.50. The molecule has 1 saturated carbocycles. The van der Waals surface area contributed by atoms with Gasteiger partial charge in [-0.3, -0.25) is 0 Å². The summed E-state index contributed by atoms with van der Waals surface area (Å²) >= 11 is 0. The van der Waals surface area contributed by atoms with Crippen LogP contribution in [0.2, 0.25) is 0 Å². The third-order valence-electron chi connectivity index (χ3n) is 2.32. The fraction of sp³-hybridized carbons (Fsp3) is 0.158. The van der Waals surface area contributed by atoms with Crippen molar-refractivity contribution >= 4 is 0 Å². The van der Waals surface area contributed by atoms with E-state index in [4.69, 9.17) is 29.9 Å². The van der Waals surface area contributed by atoms with Gasteiger partial charge in [0, 0.05) is 5.56 Å². The summed E-state index contributed by atoms with van der Waals surface area (Å²) in [5.41, 5.74) is 0.914. The molecule has 5 radical (unpaired) electrons. The third kappa shape index (κ3) is 16.9. The molecule has 127 valence electrons. The summed E-state index contributed by atoms with van der Waals surface area (Å²) in [5, 5.41) is 0. The number of hydrogen-bond donors (Lipinski definition) is 0. The Hall–Kier alpha value is -1.71. The van der Waals surface area contributed by atoms with Crippen LogP contribution >= 0.6 is 0 Å². The van der Waals surface area contributed by atoms with Gasteiger partial charge in [0.15, 0.2) is 0 Å². The molecule has 0 amide bonds. The number of ether oxygens (including phenoxy) is 2. The molecule has 1 aromatic carbocycles. The van der Waals surface area contributed by atoms with E-state index in [9.17, 15) is 0 Å². The van der Waals surface area contributed by atoms with Crippen LogP contribution in [0.15, 0.2) is 18.2 Å². The second-order valence-corrected chi connectivity index (χ2v) is 3.49. The molecular formula is C19H16O5W+. The van der Waals surface area contributed by atoms with Crippen LogP contribution in [-0.4, -0.2) is 14.2 Å². The SMILES string of the molecule is [C-]#CCc1cc(OC)ccc1OC.[C-]#[O+].[C-]#[O+].[C-]#[O+].[CH]1[CH][CH][CH][CH]1.[W+2]. The smallest absolute Gasteiger partial charge is 0.0312 e. The number of rotatable bonds is 3. The van der Waals surface area contributed by atoms with E-state index in [1.165, 1.54) is 0 Å². The van der Waals surface area contributed by atoms with Crippen LogP contribution in [0.1, 0.15) is 5.56 Å². The molecule has 0 heterocycles. The first-order chi connectivity index (χ1) is 11.8. The van der Waals surface area contributed by atoms with Crippen molar-refractivity contribution < 1.29 is 44.5 Å². The summed E-state index contributed by atoms with van der Waals surface area (Å²) < 4.78 is 32.7. The molecule has 0 saturated heterocycles. The van der Waals surface area contributed by atoms with Gasteiger partial charge >= 0.3 is 55.0 Å². The second-order valence-electron chi connectivity index (χ2n) is 3.49. The zero-order valence-corrected chi connectivity index (χ0v) is 16.7. The summed E-state index contributed by atoms with van der Waals surface area (Å²) in [6.07, 6.45) is 17.3. The Morgan fingerprint density at radius 1 is 0.840 bits per heavy atom. The standard InChI is InChI=1S/C11H11O2.C5H5.3CO.W/c1-4-5-9-8-10(12-2)6-7-11(9)13-3;1-2-4-5-3-1;3*1-2;/h6-8H,5H2,2-3H3;1-5H;;;;/q-1;;;;;+2. The van der Waals surface area contributed by atoms with Crippen LogP contribution in [-0.2, 0) is 41.4 Å². The maximum atomic E-state index is 7.50. The van der Waals surface area contributed by atoms with Gasteiger partial charge in [-0.25, -0.2) is 0 Å². The minimum absolute atomic E-state index is 0. The molecule has 0 unspecified atom stereocenters. The van der Waals surface area contributed by atoms with Crippen molar-refractivity contribution in [3.05, 3.63) is 82.2 Å². The molecule has 5 nitrogen and oxygen atoms in total. The van der Waals surface area contributed by atoms with Gasteiger partial charge in [0.05, 0.1) is 14.2 Å². The van der Waals surface area contributed by atoms with Crippen LogP contribution < -0.4 is 9.47 Å². The molecule has 25 heavy (non-hydrogen) atoms. The Labute approximate surface area is 164 Å². The quantitative estimate of drug-likeness (QED) is 0.358. The largest absolute Gasteiger partial charge is 2.00 e. The van der Waals surface area contributed by atoms with E-state index in [2.05, 4.69) is 25.9 Å². The van der Waals surface area contributed by atoms with Gasteiger partial charge in [-0.05, 0) is 56.7 Å². The number of benzene rings is 1. The predicted octanol–water partition coefficient (Wildman–Crippen LogP) is 2.74. The fourth-order valence-electron chi connectivity index (χ4n) is 1.44. The van der Waals surface area contributed by atoms with Gasteiger partial charge in [0.2, 0.25) is 0 Å². The van der Waals surface area contributed by atoms with E-state index in [-0.39, 0.29) is 21.1 Å². The van der Waals surface area contributed by atoms with Crippen LogP contribution in [0.4, 0.5) is 0 Å². The predicted molar refractivity (Wildman–Crippen MR) is 83.7 cm³/mol. The van der Waals surface area contributed by atoms with E-state index in [0.717, 1.165) is 17.1 Å². The van der Waals surface area contributed by atoms with E-state index in [1.54, 1.807) is 14.2 Å². The summed E-state index contributed by atoms with van der Waals surface area (Å²) in [6.45, 7) is 13.5. The molecule has 0 atom stereocenters. The van der Waals surface area contributed by atoms with Crippen molar-refractivity contribution in [3.63, 3.8) is 0 Å². The van der Waals surface area contributed by atoms with Gasteiger partial charge in [-0.1, -0.05) is 0 Å². The van der Waals surface area contributed by atoms with Gasteiger partial charge < -0.3 is 21.8 Å². The maximum Gasteiger partial charge on any atom is 2.00 e. The third-order valence-corrected chi connectivity index (χ3v) is 2.32. The Bertz CT molecular complexity index is 489. The normalized spacial score (nSPS) is 9.72. The Balaban J connectivity index is -0.000000154. The van der Waals surface area contributed by atoms with E-state index < -0.39 is 0 Å². The Morgan fingerprint density at radius 3 is 1.60 bits per heavy atom. The van der Waals surface area contributed by atoms with Gasteiger partial charge in [-0.2, -0.15) is 0 Å². The van der Waals surface area contributed by atoms with E-state index >= 15 is 0 Å². The molecular weight excluding hydrogens is 492 g/mol. The van der Waals surface area contributed by atoms with Crippen LogP contribution in [0.5, 0.6) is 11.5 Å². The second kappa shape index (κ2) is 27.2. The molecule has 1 aliphatic rings. The number of methoxy groups -OCH3 is 2. The Morgan fingerprint density at radius 2 is 1.28 bits per heavy atom. The molecule has 1 fully saturated rings. The first kappa shape index (κ1) is 31.1. The van der Waals surface area contributed by atoms with Crippen LogP contribution in [0, 0.1) is 64.4 Å². The number of hydrogen-bond acceptors (Lipinski definition) is 2. The average molecular weight is 508 g/mol. The molecule has 1 aromatic rings. The minimum atomic E-state index is 0. The first-order valence-corrected chi connectivity index (χ1v) is 6.20. The van der Waals surface area contributed by atoms with Crippen molar-refractivity contribution in [1.82, 2.24) is 0 Å². The molecule has 0 bridgehead atoms. The molecule has 0 aromatic heterocycles. The fourth-order valence-corrected chi connectivity index (χ4v) is 1.44. The zero-order valence-electron chi connectivity index (χ0n) is 13.8. The Kier molecular flexibility index (Phi) is 33.8. The molecule has 0 spiro atoms. The monoisotopic (exact) mass is 508 g/mol. The first-order valence-electron chi connectivity index (χ1n) is 6.20. The minimum Gasteiger partial charge on any atom is -0.0312 e. The molecule has 0 N–H and O–H groups in total. The van der Waals surface area contributed by atoms with Crippen LogP contribution in [0.3, 0.4) is 0 Å². The summed E-state index contributed by atoms with van der Waals surface area (Å²) in [7, 11) is 3.22. The van der Waals surface area contributed by atoms with Gasteiger partial charge in [-0.15, -0.1) is 0 Å². The average Bonchev–Trinajstić information content (AvgIpc) is 3.27. The van der Waals surface area contributed by atoms with Crippen molar-refractivity contribution in [2.45, 2.75) is 6.42 Å². The summed E-state index contributed by atoms with van der Waals surface area (Å²) in [5.74, 6) is 3.86. The van der Waals surface area contributed by atoms with Gasteiger partial charge in [0.1, 0.15) is 11.5 Å². The zero-order chi connectivity index (χ0) is 19.2. The maximum absolute atomic E-state index is 7.50. The van der Waals surface area contributed by atoms with Crippen molar-refractivity contribution in [2.75, 3.05) is 14.2 Å². The molecule has 6 heteroatoms. The van der Waals surface area contributed by atoms with Crippen molar-refractivity contribution in [1.29, 1.82) is 0 Å². The van der Waals surface area contributed by atoms with Crippen LogP contribution in [0.25, 0.3) is 0 Å². The topological polar surface area (TPSA) is 78.2 Å². The molecule has 0 aliphatic heterocycles. The van der Waals surface area contributed by atoms with E-state index in [0.29, 0.717) is 6.42 Å². The van der Waals surface area contributed by atoms with E-state index in [1.807, 2.05) is 50.3 Å². The van der Waals surface area contributed by atoms with Gasteiger partial charge in [0.25, 0.3) is 0 Å². The summed E-state index contributed by atoms with van der Waals surface area (Å²) in [4.78, 5) is 0. The molecule has 1 aliphatic carbocycles. The molecule has 2 rings (SSSR count). The van der Waals surface area contributed by atoms with Crippen molar-refractivity contribution in [2.24, 2.45) is 0 Å².